The van der Waals surface area contributed by atoms with E-state index in [1.807, 2.05) is 31.3 Å². The molecule has 16 heavy (non-hydrogen) atoms. The fourth-order valence-corrected chi connectivity index (χ4v) is 1.86. The van der Waals surface area contributed by atoms with Crippen molar-refractivity contribution in [2.24, 2.45) is 0 Å². The van der Waals surface area contributed by atoms with Gasteiger partial charge in [-0.25, -0.2) is 5.01 Å². The lowest BCUT2D eigenvalue weighted by Gasteiger charge is -2.16. The lowest BCUT2D eigenvalue weighted by molar-refractivity contribution is 0.245. The molecule has 0 unspecified atom stereocenters. The van der Waals surface area contributed by atoms with Crippen LogP contribution in [0, 0.1) is 0 Å². The van der Waals surface area contributed by atoms with Gasteiger partial charge >= 0.3 is 0 Å². The van der Waals surface area contributed by atoms with Crippen LogP contribution in [-0.2, 0) is 13.1 Å². The largest absolute Gasteiger partial charge is 0.344 e. The topological polar surface area (TPSA) is 20.2 Å². The SMILES string of the molecule is C=Cc1cc(CN(C)NC)n(CC)c1C=C. The van der Waals surface area contributed by atoms with E-state index in [0.717, 1.165) is 24.3 Å². The van der Waals surface area contributed by atoms with E-state index in [1.54, 1.807) is 0 Å². The standard InChI is InChI=1S/C13H21N3/c1-6-11-9-12(10-15(5)14-4)16(8-3)13(11)7-2/h6-7,9,14H,1-2,8,10H2,3-5H3. The van der Waals surface area contributed by atoms with Gasteiger partial charge < -0.3 is 4.57 Å². The molecular formula is C13H21N3. The second kappa shape index (κ2) is 5.68. The zero-order chi connectivity index (χ0) is 12.1. The molecule has 3 heteroatoms. The second-order valence-corrected chi connectivity index (χ2v) is 3.71. The lowest BCUT2D eigenvalue weighted by Crippen LogP contribution is -2.30. The highest BCUT2D eigenvalue weighted by Crippen LogP contribution is 2.19. The zero-order valence-electron chi connectivity index (χ0n) is 10.5. The number of hydrogen-bond donors (Lipinski definition) is 1. The van der Waals surface area contributed by atoms with Crippen molar-refractivity contribution < 1.29 is 0 Å². The summed E-state index contributed by atoms with van der Waals surface area (Å²) in [4.78, 5) is 0. The molecule has 1 N–H and O–H groups in total. The van der Waals surface area contributed by atoms with Crippen molar-refractivity contribution in [1.29, 1.82) is 0 Å². The fourth-order valence-electron chi connectivity index (χ4n) is 1.86. The van der Waals surface area contributed by atoms with Crippen molar-refractivity contribution in [3.05, 3.63) is 36.2 Å². The van der Waals surface area contributed by atoms with Gasteiger partial charge in [0.15, 0.2) is 0 Å². The Kier molecular flexibility index (Phi) is 4.52. The van der Waals surface area contributed by atoms with Gasteiger partial charge in [0, 0.05) is 25.0 Å². The molecule has 0 aliphatic heterocycles. The third kappa shape index (κ3) is 2.43. The Morgan fingerprint density at radius 1 is 1.44 bits per heavy atom. The van der Waals surface area contributed by atoms with Crippen LogP contribution < -0.4 is 5.43 Å². The van der Waals surface area contributed by atoms with E-state index < -0.39 is 0 Å². The average molecular weight is 219 g/mol. The number of nitrogens with one attached hydrogen (secondary N) is 1. The minimum Gasteiger partial charge on any atom is -0.344 e. The summed E-state index contributed by atoms with van der Waals surface area (Å²) >= 11 is 0. The normalized spacial score (nSPS) is 10.8. The molecular weight excluding hydrogens is 198 g/mol. The third-order valence-electron chi connectivity index (χ3n) is 2.77. The van der Waals surface area contributed by atoms with Crippen LogP contribution in [0.5, 0.6) is 0 Å². The monoisotopic (exact) mass is 219 g/mol. The summed E-state index contributed by atoms with van der Waals surface area (Å²) in [6, 6.07) is 2.17. The van der Waals surface area contributed by atoms with Gasteiger partial charge in [0.25, 0.3) is 0 Å². The van der Waals surface area contributed by atoms with Crippen molar-refractivity contribution in [1.82, 2.24) is 15.0 Å². The maximum Gasteiger partial charge on any atom is 0.0532 e. The molecule has 1 aromatic rings. The Morgan fingerprint density at radius 3 is 2.56 bits per heavy atom. The van der Waals surface area contributed by atoms with E-state index >= 15 is 0 Å². The van der Waals surface area contributed by atoms with Crippen molar-refractivity contribution in [2.75, 3.05) is 14.1 Å². The molecule has 0 radical (unpaired) electrons. The average Bonchev–Trinajstić information content (AvgIpc) is 2.65. The maximum atomic E-state index is 3.86. The van der Waals surface area contributed by atoms with E-state index in [-0.39, 0.29) is 0 Å². The Balaban J connectivity index is 3.12. The predicted molar refractivity (Wildman–Crippen MR) is 70.8 cm³/mol. The molecule has 0 bridgehead atoms. The number of hydrogen-bond acceptors (Lipinski definition) is 2. The highest BCUT2D eigenvalue weighted by Gasteiger charge is 2.10. The van der Waals surface area contributed by atoms with Crippen molar-refractivity contribution >= 4 is 12.2 Å². The van der Waals surface area contributed by atoms with Crippen LogP contribution in [0.2, 0.25) is 0 Å². The Labute approximate surface area is 98.0 Å². The van der Waals surface area contributed by atoms with Gasteiger partial charge in [0.1, 0.15) is 0 Å². The highest BCUT2D eigenvalue weighted by molar-refractivity contribution is 5.62. The van der Waals surface area contributed by atoms with Gasteiger partial charge in [-0.2, -0.15) is 0 Å². The van der Waals surface area contributed by atoms with E-state index in [1.165, 1.54) is 5.69 Å². The van der Waals surface area contributed by atoms with Gasteiger partial charge in [-0.05, 0) is 31.7 Å². The first kappa shape index (κ1) is 12.7. The summed E-state index contributed by atoms with van der Waals surface area (Å²) in [5, 5.41) is 2.04. The number of hydrazine groups is 1. The van der Waals surface area contributed by atoms with Crippen LogP contribution in [-0.4, -0.2) is 23.7 Å². The molecule has 0 aromatic carbocycles. The molecule has 88 valence electrons. The van der Waals surface area contributed by atoms with E-state index in [2.05, 4.69) is 36.1 Å². The van der Waals surface area contributed by atoms with Crippen LogP contribution in [0.1, 0.15) is 23.9 Å². The number of aromatic nitrogens is 1. The van der Waals surface area contributed by atoms with Crippen LogP contribution in [0.3, 0.4) is 0 Å². The van der Waals surface area contributed by atoms with Gasteiger partial charge in [-0.15, -0.1) is 0 Å². The summed E-state index contributed by atoms with van der Waals surface area (Å²) in [5.41, 5.74) is 6.66. The van der Waals surface area contributed by atoms with Gasteiger partial charge in [-0.3, -0.25) is 5.43 Å². The van der Waals surface area contributed by atoms with E-state index in [4.69, 9.17) is 0 Å². The molecule has 0 aliphatic carbocycles. The van der Waals surface area contributed by atoms with Crippen LogP contribution in [0.25, 0.3) is 12.2 Å². The molecule has 1 aromatic heterocycles. The fraction of sp³-hybridized carbons (Fsp3) is 0.385. The van der Waals surface area contributed by atoms with Crippen LogP contribution in [0.15, 0.2) is 19.2 Å². The van der Waals surface area contributed by atoms with Gasteiger partial charge in [0.2, 0.25) is 0 Å². The number of nitrogens with zero attached hydrogens (tertiary/aromatic N) is 2. The van der Waals surface area contributed by atoms with Crippen molar-refractivity contribution in [3.8, 4) is 0 Å². The maximum absolute atomic E-state index is 3.86. The summed E-state index contributed by atoms with van der Waals surface area (Å²) in [6.07, 6.45) is 3.77. The number of rotatable bonds is 6. The highest BCUT2D eigenvalue weighted by atomic mass is 15.5. The molecule has 3 nitrogen and oxygen atoms in total. The lowest BCUT2D eigenvalue weighted by atomic mass is 10.2. The molecule has 1 rings (SSSR count). The zero-order valence-corrected chi connectivity index (χ0v) is 10.5. The Bertz CT molecular complexity index is 377. The van der Waals surface area contributed by atoms with E-state index in [9.17, 15) is 0 Å². The van der Waals surface area contributed by atoms with Crippen molar-refractivity contribution in [2.45, 2.75) is 20.0 Å². The molecule has 0 aliphatic rings. The van der Waals surface area contributed by atoms with E-state index in [0.29, 0.717) is 0 Å². The molecule has 0 atom stereocenters. The second-order valence-electron chi connectivity index (χ2n) is 3.71. The quantitative estimate of drug-likeness (QED) is 0.741. The van der Waals surface area contributed by atoms with Crippen LogP contribution in [0.4, 0.5) is 0 Å². The molecule has 0 saturated heterocycles. The van der Waals surface area contributed by atoms with Crippen LogP contribution >= 0.6 is 0 Å². The minimum absolute atomic E-state index is 0.860. The minimum atomic E-state index is 0.860. The van der Waals surface area contributed by atoms with Crippen molar-refractivity contribution in [3.63, 3.8) is 0 Å². The Morgan fingerprint density at radius 2 is 2.12 bits per heavy atom. The predicted octanol–water partition coefficient (Wildman–Crippen LogP) is 2.36. The molecule has 1 heterocycles. The third-order valence-corrected chi connectivity index (χ3v) is 2.77. The molecule has 0 spiro atoms. The summed E-state index contributed by atoms with van der Waals surface area (Å²) in [5.74, 6) is 0. The van der Waals surface area contributed by atoms with Gasteiger partial charge in [-0.1, -0.05) is 19.2 Å². The summed E-state index contributed by atoms with van der Waals surface area (Å²) in [6.45, 7) is 11.6. The molecule has 0 amide bonds. The molecule has 0 saturated carbocycles. The summed E-state index contributed by atoms with van der Waals surface area (Å²) < 4.78 is 2.26. The first-order valence-electron chi connectivity index (χ1n) is 5.53. The molecule has 0 fully saturated rings. The summed E-state index contributed by atoms with van der Waals surface area (Å²) in [7, 11) is 3.94. The smallest absolute Gasteiger partial charge is 0.0532 e. The Hall–Kier alpha value is -1.32. The first-order valence-corrected chi connectivity index (χ1v) is 5.53. The van der Waals surface area contributed by atoms with Gasteiger partial charge in [0.05, 0.1) is 6.54 Å². The first-order chi connectivity index (χ1) is 7.67.